The maximum atomic E-state index is 11.9. The fourth-order valence-electron chi connectivity index (χ4n) is 1.24. The van der Waals surface area contributed by atoms with Gasteiger partial charge in [-0.1, -0.05) is 11.6 Å². The summed E-state index contributed by atoms with van der Waals surface area (Å²) in [4.78, 5) is 19.5. The summed E-state index contributed by atoms with van der Waals surface area (Å²) in [6.45, 7) is 0. The quantitative estimate of drug-likeness (QED) is 0.889. The highest BCUT2D eigenvalue weighted by Gasteiger charge is 2.11. The molecule has 2 rings (SSSR count). The zero-order valence-corrected chi connectivity index (χ0v) is 11.2. The molecule has 0 saturated carbocycles. The molecular weight excluding hydrogens is 321 g/mol. The first-order chi connectivity index (χ1) is 8.58. The van der Waals surface area contributed by atoms with Gasteiger partial charge < -0.3 is 10.4 Å². The van der Waals surface area contributed by atoms with Crippen LogP contribution in [0.25, 0.3) is 0 Å². The van der Waals surface area contributed by atoms with E-state index in [1.165, 1.54) is 18.5 Å². The minimum atomic E-state index is -0.430. The van der Waals surface area contributed by atoms with E-state index in [9.17, 15) is 9.90 Å². The van der Waals surface area contributed by atoms with Crippen LogP contribution in [0.15, 0.2) is 35.1 Å². The van der Waals surface area contributed by atoms with Crippen LogP contribution in [0.3, 0.4) is 0 Å². The average molecular weight is 329 g/mol. The standard InChI is InChI=1S/C11H7BrClN3O2/c12-7-2-1-6(5-8(7)17)11(18)16-10-9(13)14-3-4-15-10/h1-5,17H,(H,15,16,18). The Labute approximate surface area is 116 Å². The van der Waals surface area contributed by atoms with E-state index in [1.54, 1.807) is 12.1 Å². The Bertz CT molecular complexity index is 607. The van der Waals surface area contributed by atoms with Crippen LogP contribution in [0.5, 0.6) is 5.75 Å². The van der Waals surface area contributed by atoms with Gasteiger partial charge in [-0.25, -0.2) is 9.97 Å². The van der Waals surface area contributed by atoms with Crippen molar-refractivity contribution in [3.8, 4) is 5.75 Å². The van der Waals surface area contributed by atoms with Crippen LogP contribution in [0.4, 0.5) is 5.82 Å². The van der Waals surface area contributed by atoms with E-state index in [0.717, 1.165) is 0 Å². The summed E-state index contributed by atoms with van der Waals surface area (Å²) in [6.07, 6.45) is 2.84. The normalized spacial score (nSPS) is 10.1. The number of phenolic OH excluding ortho intramolecular Hbond substituents is 1. The van der Waals surface area contributed by atoms with Crippen molar-refractivity contribution in [2.75, 3.05) is 5.32 Å². The van der Waals surface area contributed by atoms with Crippen molar-refractivity contribution < 1.29 is 9.90 Å². The summed E-state index contributed by atoms with van der Waals surface area (Å²) in [7, 11) is 0. The van der Waals surface area contributed by atoms with Gasteiger partial charge in [0.05, 0.1) is 4.47 Å². The largest absolute Gasteiger partial charge is 0.507 e. The van der Waals surface area contributed by atoms with E-state index in [-0.39, 0.29) is 22.3 Å². The van der Waals surface area contributed by atoms with Gasteiger partial charge in [-0.05, 0) is 34.1 Å². The molecule has 0 spiro atoms. The molecule has 7 heteroatoms. The molecule has 1 aromatic carbocycles. The monoisotopic (exact) mass is 327 g/mol. The molecular formula is C11H7BrClN3O2. The number of aromatic hydroxyl groups is 1. The number of anilines is 1. The van der Waals surface area contributed by atoms with E-state index in [4.69, 9.17) is 11.6 Å². The Morgan fingerprint density at radius 2 is 2.06 bits per heavy atom. The van der Waals surface area contributed by atoms with Gasteiger partial charge in [-0.15, -0.1) is 0 Å². The summed E-state index contributed by atoms with van der Waals surface area (Å²) in [5.41, 5.74) is 0.289. The summed E-state index contributed by atoms with van der Waals surface area (Å²) in [5, 5.41) is 12.1. The van der Waals surface area contributed by atoms with Crippen LogP contribution in [-0.4, -0.2) is 21.0 Å². The number of nitrogens with zero attached hydrogens (tertiary/aromatic N) is 2. The van der Waals surface area contributed by atoms with Gasteiger partial charge in [-0.2, -0.15) is 0 Å². The SMILES string of the molecule is O=C(Nc1nccnc1Cl)c1ccc(Br)c(O)c1. The molecule has 0 saturated heterocycles. The first kappa shape index (κ1) is 12.8. The number of halogens is 2. The van der Waals surface area contributed by atoms with Gasteiger partial charge in [0.15, 0.2) is 11.0 Å². The number of amides is 1. The molecule has 0 fully saturated rings. The molecule has 1 heterocycles. The summed E-state index contributed by atoms with van der Waals surface area (Å²) < 4.78 is 0.511. The van der Waals surface area contributed by atoms with E-state index in [1.807, 2.05) is 0 Å². The molecule has 0 aliphatic rings. The number of rotatable bonds is 2. The molecule has 0 aliphatic carbocycles. The number of hydrogen-bond acceptors (Lipinski definition) is 4. The van der Waals surface area contributed by atoms with Crippen molar-refractivity contribution in [2.24, 2.45) is 0 Å². The highest BCUT2D eigenvalue weighted by atomic mass is 79.9. The number of hydrogen-bond donors (Lipinski definition) is 2. The fourth-order valence-corrected chi connectivity index (χ4v) is 1.64. The molecule has 2 N–H and O–H groups in total. The molecule has 0 bridgehead atoms. The van der Waals surface area contributed by atoms with Crippen LogP contribution in [-0.2, 0) is 0 Å². The van der Waals surface area contributed by atoms with Crippen LogP contribution < -0.4 is 5.32 Å². The summed E-state index contributed by atoms with van der Waals surface area (Å²) >= 11 is 8.90. The molecule has 5 nitrogen and oxygen atoms in total. The first-order valence-corrected chi connectivity index (χ1v) is 6.01. The minimum absolute atomic E-state index is 0.0205. The van der Waals surface area contributed by atoms with Crippen molar-refractivity contribution in [1.82, 2.24) is 9.97 Å². The number of phenols is 1. The number of aromatic nitrogens is 2. The van der Waals surface area contributed by atoms with Crippen molar-refractivity contribution >= 4 is 39.3 Å². The number of carbonyl (C=O) groups is 1. The predicted molar refractivity (Wildman–Crippen MR) is 70.8 cm³/mol. The third-order valence-corrected chi connectivity index (χ3v) is 3.04. The van der Waals surface area contributed by atoms with Crippen LogP contribution in [0.2, 0.25) is 5.15 Å². The first-order valence-electron chi connectivity index (χ1n) is 4.84. The molecule has 0 radical (unpaired) electrons. The fraction of sp³-hybridized carbons (Fsp3) is 0. The summed E-state index contributed by atoms with van der Waals surface area (Å²) in [6, 6.07) is 4.47. The van der Waals surface area contributed by atoms with Gasteiger partial charge in [-0.3, -0.25) is 4.79 Å². The van der Waals surface area contributed by atoms with Crippen LogP contribution in [0.1, 0.15) is 10.4 Å². The van der Waals surface area contributed by atoms with Gasteiger partial charge in [0.2, 0.25) is 0 Å². The Morgan fingerprint density at radius 1 is 1.33 bits per heavy atom. The van der Waals surface area contributed by atoms with Crippen molar-refractivity contribution in [3.63, 3.8) is 0 Å². The van der Waals surface area contributed by atoms with Crippen molar-refractivity contribution in [3.05, 3.63) is 45.8 Å². The zero-order valence-electron chi connectivity index (χ0n) is 8.89. The third-order valence-electron chi connectivity index (χ3n) is 2.09. The lowest BCUT2D eigenvalue weighted by molar-refractivity contribution is 0.102. The molecule has 0 atom stereocenters. The molecule has 2 aromatic rings. The molecule has 92 valence electrons. The smallest absolute Gasteiger partial charge is 0.257 e. The number of carbonyl (C=O) groups excluding carboxylic acids is 1. The van der Waals surface area contributed by atoms with Crippen LogP contribution >= 0.6 is 27.5 Å². The Hall–Kier alpha value is -1.66. The topological polar surface area (TPSA) is 75.1 Å². The van der Waals surface area contributed by atoms with Gasteiger partial charge in [0, 0.05) is 18.0 Å². The lowest BCUT2D eigenvalue weighted by atomic mass is 10.2. The second-order valence-electron chi connectivity index (χ2n) is 3.32. The van der Waals surface area contributed by atoms with Gasteiger partial charge >= 0.3 is 0 Å². The zero-order chi connectivity index (χ0) is 13.1. The molecule has 0 unspecified atom stereocenters. The van der Waals surface area contributed by atoms with Gasteiger partial charge in [0.1, 0.15) is 5.75 Å². The average Bonchev–Trinajstić information content (AvgIpc) is 2.35. The molecule has 1 aromatic heterocycles. The maximum Gasteiger partial charge on any atom is 0.257 e. The minimum Gasteiger partial charge on any atom is -0.507 e. The van der Waals surface area contributed by atoms with E-state index >= 15 is 0 Å². The predicted octanol–water partition coefficient (Wildman–Crippen LogP) is 2.85. The molecule has 0 aliphatic heterocycles. The van der Waals surface area contributed by atoms with Gasteiger partial charge in [0.25, 0.3) is 5.91 Å². The second kappa shape index (κ2) is 5.32. The highest BCUT2D eigenvalue weighted by Crippen LogP contribution is 2.25. The molecule has 1 amide bonds. The van der Waals surface area contributed by atoms with Crippen molar-refractivity contribution in [1.29, 1.82) is 0 Å². The lowest BCUT2D eigenvalue weighted by Gasteiger charge is -2.06. The highest BCUT2D eigenvalue weighted by molar-refractivity contribution is 9.10. The Morgan fingerprint density at radius 3 is 2.72 bits per heavy atom. The van der Waals surface area contributed by atoms with E-state index in [2.05, 4.69) is 31.2 Å². The molecule has 18 heavy (non-hydrogen) atoms. The van der Waals surface area contributed by atoms with E-state index < -0.39 is 5.91 Å². The van der Waals surface area contributed by atoms with E-state index in [0.29, 0.717) is 4.47 Å². The Balaban J connectivity index is 2.22. The third kappa shape index (κ3) is 2.77. The Kier molecular flexibility index (Phi) is 3.78. The maximum absolute atomic E-state index is 11.9. The summed E-state index contributed by atoms with van der Waals surface area (Å²) in [5.74, 6) is -0.278. The lowest BCUT2D eigenvalue weighted by Crippen LogP contribution is -2.13. The number of benzene rings is 1. The van der Waals surface area contributed by atoms with Crippen LogP contribution in [0, 0.1) is 0 Å². The number of nitrogens with one attached hydrogen (secondary N) is 1. The second-order valence-corrected chi connectivity index (χ2v) is 4.53. The van der Waals surface area contributed by atoms with Crippen molar-refractivity contribution in [2.45, 2.75) is 0 Å².